The van der Waals surface area contributed by atoms with Crippen LogP contribution in [0.1, 0.15) is 55.0 Å². The SMILES string of the molecule is Cc1oc(C2CCOCC2)nc1C1CCCN1. The second-order valence-corrected chi connectivity index (χ2v) is 5.03. The number of oxazole rings is 1. The summed E-state index contributed by atoms with van der Waals surface area (Å²) in [6.45, 7) is 4.81. The van der Waals surface area contributed by atoms with Crippen LogP contribution in [0.3, 0.4) is 0 Å². The van der Waals surface area contributed by atoms with Crippen molar-refractivity contribution in [2.75, 3.05) is 19.8 Å². The van der Waals surface area contributed by atoms with Crippen molar-refractivity contribution in [3.8, 4) is 0 Å². The molecule has 0 amide bonds. The Hall–Kier alpha value is -0.870. The molecule has 3 rings (SSSR count). The van der Waals surface area contributed by atoms with Crippen molar-refractivity contribution in [1.82, 2.24) is 10.3 Å². The smallest absolute Gasteiger partial charge is 0.197 e. The molecule has 0 aliphatic carbocycles. The van der Waals surface area contributed by atoms with E-state index in [1.54, 1.807) is 0 Å². The molecule has 1 aromatic rings. The molecule has 2 fully saturated rings. The van der Waals surface area contributed by atoms with Gasteiger partial charge in [0.1, 0.15) is 5.76 Å². The normalized spacial score (nSPS) is 26.5. The summed E-state index contributed by atoms with van der Waals surface area (Å²) in [7, 11) is 0. The first-order valence-corrected chi connectivity index (χ1v) is 6.63. The summed E-state index contributed by atoms with van der Waals surface area (Å²) >= 11 is 0. The minimum Gasteiger partial charge on any atom is -0.445 e. The van der Waals surface area contributed by atoms with Gasteiger partial charge in [0.05, 0.1) is 11.7 Å². The highest BCUT2D eigenvalue weighted by Gasteiger charge is 2.26. The molecule has 17 heavy (non-hydrogen) atoms. The standard InChI is InChI=1S/C13H20N2O2/c1-9-12(11-3-2-6-14-11)15-13(17-9)10-4-7-16-8-5-10/h10-11,14H,2-8H2,1H3. The largest absolute Gasteiger partial charge is 0.445 e. The maximum atomic E-state index is 5.86. The Morgan fingerprint density at radius 3 is 2.76 bits per heavy atom. The van der Waals surface area contributed by atoms with Crippen LogP contribution >= 0.6 is 0 Å². The lowest BCUT2D eigenvalue weighted by Gasteiger charge is -2.18. The summed E-state index contributed by atoms with van der Waals surface area (Å²) in [5.41, 5.74) is 1.13. The van der Waals surface area contributed by atoms with Gasteiger partial charge in [-0.15, -0.1) is 0 Å². The molecule has 94 valence electrons. The van der Waals surface area contributed by atoms with E-state index in [-0.39, 0.29) is 0 Å². The fourth-order valence-corrected chi connectivity index (χ4v) is 2.79. The topological polar surface area (TPSA) is 47.3 Å². The van der Waals surface area contributed by atoms with E-state index in [9.17, 15) is 0 Å². The van der Waals surface area contributed by atoms with Gasteiger partial charge in [-0.1, -0.05) is 0 Å². The van der Waals surface area contributed by atoms with Crippen molar-refractivity contribution < 1.29 is 9.15 Å². The Morgan fingerprint density at radius 1 is 1.24 bits per heavy atom. The van der Waals surface area contributed by atoms with Crippen LogP contribution in [0.2, 0.25) is 0 Å². The van der Waals surface area contributed by atoms with Crippen LogP contribution < -0.4 is 5.32 Å². The number of aryl methyl sites for hydroxylation is 1. The maximum absolute atomic E-state index is 5.86. The van der Waals surface area contributed by atoms with Crippen LogP contribution in [0.5, 0.6) is 0 Å². The van der Waals surface area contributed by atoms with Crippen molar-refractivity contribution in [3.05, 3.63) is 17.3 Å². The van der Waals surface area contributed by atoms with Gasteiger partial charge in [0.2, 0.25) is 0 Å². The molecule has 3 heterocycles. The number of nitrogens with one attached hydrogen (secondary N) is 1. The summed E-state index contributed by atoms with van der Waals surface area (Å²) in [4.78, 5) is 4.73. The predicted octanol–water partition coefficient (Wildman–Crippen LogP) is 2.30. The Balaban J connectivity index is 1.79. The van der Waals surface area contributed by atoms with E-state index in [1.807, 2.05) is 6.92 Å². The average molecular weight is 236 g/mol. The number of ether oxygens (including phenoxy) is 1. The van der Waals surface area contributed by atoms with E-state index in [0.717, 1.165) is 49.9 Å². The van der Waals surface area contributed by atoms with Gasteiger partial charge in [-0.25, -0.2) is 4.98 Å². The van der Waals surface area contributed by atoms with Gasteiger partial charge in [0.15, 0.2) is 5.89 Å². The lowest BCUT2D eigenvalue weighted by Crippen LogP contribution is -2.16. The van der Waals surface area contributed by atoms with Crippen molar-refractivity contribution >= 4 is 0 Å². The molecule has 2 aliphatic rings. The van der Waals surface area contributed by atoms with Crippen molar-refractivity contribution in [3.63, 3.8) is 0 Å². The first kappa shape index (κ1) is 11.2. The average Bonchev–Trinajstić information content (AvgIpc) is 2.99. The summed E-state index contributed by atoms with van der Waals surface area (Å²) in [5.74, 6) is 2.37. The zero-order chi connectivity index (χ0) is 11.7. The first-order chi connectivity index (χ1) is 8.34. The number of rotatable bonds is 2. The molecule has 0 saturated carbocycles. The van der Waals surface area contributed by atoms with Crippen LogP contribution in [0.25, 0.3) is 0 Å². The second-order valence-electron chi connectivity index (χ2n) is 5.03. The van der Waals surface area contributed by atoms with E-state index < -0.39 is 0 Å². The molecule has 2 saturated heterocycles. The fourth-order valence-electron chi connectivity index (χ4n) is 2.79. The van der Waals surface area contributed by atoms with E-state index in [4.69, 9.17) is 14.1 Å². The van der Waals surface area contributed by atoms with Crippen molar-refractivity contribution in [2.45, 2.75) is 44.6 Å². The minimum absolute atomic E-state index is 0.410. The zero-order valence-electron chi connectivity index (χ0n) is 10.4. The molecule has 2 aliphatic heterocycles. The van der Waals surface area contributed by atoms with Gasteiger partial charge in [-0.3, -0.25) is 0 Å². The molecule has 1 N–H and O–H groups in total. The van der Waals surface area contributed by atoms with Gasteiger partial charge in [-0.05, 0) is 39.2 Å². The van der Waals surface area contributed by atoms with Gasteiger partial charge >= 0.3 is 0 Å². The zero-order valence-corrected chi connectivity index (χ0v) is 10.4. The van der Waals surface area contributed by atoms with Crippen LogP contribution in [0, 0.1) is 6.92 Å². The third-order valence-corrected chi connectivity index (χ3v) is 3.81. The summed E-state index contributed by atoms with van der Waals surface area (Å²) in [6, 6.07) is 0.410. The molecular weight excluding hydrogens is 216 g/mol. The third kappa shape index (κ3) is 2.24. The van der Waals surface area contributed by atoms with Crippen LogP contribution in [0.4, 0.5) is 0 Å². The molecule has 1 unspecified atom stereocenters. The molecule has 4 nitrogen and oxygen atoms in total. The van der Waals surface area contributed by atoms with Gasteiger partial charge in [-0.2, -0.15) is 0 Å². The third-order valence-electron chi connectivity index (χ3n) is 3.81. The number of hydrogen-bond donors (Lipinski definition) is 1. The van der Waals surface area contributed by atoms with Crippen LogP contribution in [-0.4, -0.2) is 24.7 Å². The Labute approximate surface area is 102 Å². The highest BCUT2D eigenvalue weighted by molar-refractivity contribution is 5.16. The van der Waals surface area contributed by atoms with Crippen LogP contribution in [0.15, 0.2) is 4.42 Å². The number of hydrogen-bond acceptors (Lipinski definition) is 4. The fraction of sp³-hybridized carbons (Fsp3) is 0.769. The van der Waals surface area contributed by atoms with E-state index in [2.05, 4.69) is 5.32 Å². The molecule has 0 aromatic carbocycles. The van der Waals surface area contributed by atoms with Crippen molar-refractivity contribution in [1.29, 1.82) is 0 Å². The molecule has 1 atom stereocenters. The summed E-state index contributed by atoms with van der Waals surface area (Å²) < 4.78 is 11.2. The van der Waals surface area contributed by atoms with Gasteiger partial charge in [0.25, 0.3) is 0 Å². The molecule has 0 bridgehead atoms. The maximum Gasteiger partial charge on any atom is 0.197 e. The molecule has 0 spiro atoms. The molecule has 0 radical (unpaired) electrons. The highest BCUT2D eigenvalue weighted by Crippen LogP contribution is 2.31. The Morgan fingerprint density at radius 2 is 2.06 bits per heavy atom. The summed E-state index contributed by atoms with van der Waals surface area (Å²) in [6.07, 6.45) is 4.50. The minimum atomic E-state index is 0.410. The van der Waals surface area contributed by atoms with Gasteiger partial charge < -0.3 is 14.5 Å². The molecule has 1 aromatic heterocycles. The monoisotopic (exact) mass is 236 g/mol. The van der Waals surface area contributed by atoms with Crippen LogP contribution in [-0.2, 0) is 4.74 Å². The lowest BCUT2D eigenvalue weighted by molar-refractivity contribution is 0.0792. The Bertz CT molecular complexity index is 377. The highest BCUT2D eigenvalue weighted by atomic mass is 16.5. The predicted molar refractivity (Wildman–Crippen MR) is 64.0 cm³/mol. The first-order valence-electron chi connectivity index (χ1n) is 6.63. The quantitative estimate of drug-likeness (QED) is 0.856. The number of aromatic nitrogens is 1. The Kier molecular flexibility index (Phi) is 3.16. The summed E-state index contributed by atoms with van der Waals surface area (Å²) in [5, 5.41) is 3.48. The molecular formula is C13H20N2O2. The lowest BCUT2D eigenvalue weighted by atomic mass is 10.0. The number of nitrogens with zero attached hydrogens (tertiary/aromatic N) is 1. The van der Waals surface area contributed by atoms with E-state index in [1.165, 1.54) is 12.8 Å². The second kappa shape index (κ2) is 4.78. The van der Waals surface area contributed by atoms with E-state index >= 15 is 0 Å². The molecule has 4 heteroatoms. The van der Waals surface area contributed by atoms with E-state index in [0.29, 0.717) is 12.0 Å². The van der Waals surface area contributed by atoms with Gasteiger partial charge in [0, 0.05) is 19.1 Å². The van der Waals surface area contributed by atoms with Crippen molar-refractivity contribution in [2.24, 2.45) is 0 Å².